The molecule has 0 atom stereocenters. The van der Waals surface area contributed by atoms with Crippen LogP contribution in [0.3, 0.4) is 0 Å². The number of nitrogens with zero attached hydrogens (tertiary/aromatic N) is 2. The fourth-order valence-corrected chi connectivity index (χ4v) is 3.37. The van der Waals surface area contributed by atoms with Gasteiger partial charge in [-0.15, -0.1) is 0 Å². The van der Waals surface area contributed by atoms with Crippen LogP contribution in [0.5, 0.6) is 0 Å². The van der Waals surface area contributed by atoms with Crippen molar-refractivity contribution in [2.75, 3.05) is 26.2 Å². The third-order valence-corrected chi connectivity index (χ3v) is 5.02. The predicted molar refractivity (Wildman–Crippen MR) is 103 cm³/mol. The van der Waals surface area contributed by atoms with E-state index in [0.29, 0.717) is 43.7 Å². The van der Waals surface area contributed by atoms with Crippen molar-refractivity contribution in [2.24, 2.45) is 0 Å². The minimum absolute atomic E-state index is 0.103. The van der Waals surface area contributed by atoms with Gasteiger partial charge in [-0.1, -0.05) is 30.3 Å². The molecule has 3 rings (SSSR count). The zero-order valence-corrected chi connectivity index (χ0v) is 15.7. The maximum absolute atomic E-state index is 13.4. The molecule has 1 heterocycles. The highest BCUT2D eigenvalue weighted by molar-refractivity contribution is 5.94. The molecular weight excluding hydrogens is 343 g/mol. The molecule has 1 saturated heterocycles. The Hall–Kier alpha value is -2.69. The Kier molecular flexibility index (Phi) is 6.22. The SMILES string of the molecule is Cc1cc(C(=O)N2CCN(C(=O)CCCc3ccccc3)CC2)ccc1F. The minimum atomic E-state index is -0.308. The highest BCUT2D eigenvalue weighted by atomic mass is 19.1. The summed E-state index contributed by atoms with van der Waals surface area (Å²) in [6.45, 7) is 3.78. The Balaban J connectivity index is 1.45. The number of amides is 2. The monoisotopic (exact) mass is 368 g/mol. The van der Waals surface area contributed by atoms with Crippen LogP contribution in [0.25, 0.3) is 0 Å². The van der Waals surface area contributed by atoms with E-state index in [1.54, 1.807) is 17.9 Å². The molecule has 0 N–H and O–H groups in total. The van der Waals surface area contributed by atoms with Crippen LogP contribution in [0, 0.1) is 12.7 Å². The maximum atomic E-state index is 13.4. The van der Waals surface area contributed by atoms with Gasteiger partial charge in [-0.25, -0.2) is 4.39 Å². The van der Waals surface area contributed by atoms with Crippen LogP contribution in [0.4, 0.5) is 4.39 Å². The first-order chi connectivity index (χ1) is 13.0. The van der Waals surface area contributed by atoms with Crippen molar-refractivity contribution < 1.29 is 14.0 Å². The van der Waals surface area contributed by atoms with Crippen LogP contribution in [0.15, 0.2) is 48.5 Å². The van der Waals surface area contributed by atoms with E-state index in [-0.39, 0.29) is 17.6 Å². The largest absolute Gasteiger partial charge is 0.339 e. The number of piperazine rings is 1. The molecule has 0 aromatic heterocycles. The summed E-state index contributed by atoms with van der Waals surface area (Å²) in [5.74, 6) is -0.262. The van der Waals surface area contributed by atoms with Crippen LogP contribution in [0.2, 0.25) is 0 Å². The summed E-state index contributed by atoms with van der Waals surface area (Å²) in [5.41, 5.74) is 2.21. The summed E-state index contributed by atoms with van der Waals surface area (Å²) in [6, 6.07) is 14.6. The second-order valence-corrected chi connectivity index (χ2v) is 6.98. The van der Waals surface area contributed by atoms with Gasteiger partial charge >= 0.3 is 0 Å². The number of carbonyl (C=O) groups excluding carboxylic acids is 2. The van der Waals surface area contributed by atoms with E-state index in [9.17, 15) is 14.0 Å². The van der Waals surface area contributed by atoms with Crippen molar-refractivity contribution in [2.45, 2.75) is 26.2 Å². The third kappa shape index (κ3) is 4.94. The fourth-order valence-electron chi connectivity index (χ4n) is 3.37. The van der Waals surface area contributed by atoms with E-state index >= 15 is 0 Å². The van der Waals surface area contributed by atoms with Crippen molar-refractivity contribution in [3.05, 3.63) is 71.0 Å². The van der Waals surface area contributed by atoms with Crippen molar-refractivity contribution in [1.82, 2.24) is 9.80 Å². The van der Waals surface area contributed by atoms with Gasteiger partial charge in [0.25, 0.3) is 5.91 Å². The third-order valence-electron chi connectivity index (χ3n) is 5.02. The van der Waals surface area contributed by atoms with E-state index in [4.69, 9.17) is 0 Å². The molecule has 1 aliphatic heterocycles. The number of rotatable bonds is 5. The van der Waals surface area contributed by atoms with Crippen LogP contribution in [-0.4, -0.2) is 47.8 Å². The molecular formula is C22H25FN2O2. The Labute approximate surface area is 159 Å². The zero-order valence-electron chi connectivity index (χ0n) is 15.7. The topological polar surface area (TPSA) is 40.6 Å². The normalized spacial score (nSPS) is 14.3. The summed E-state index contributed by atoms with van der Waals surface area (Å²) in [6.07, 6.45) is 2.26. The Morgan fingerprint density at radius 2 is 1.63 bits per heavy atom. The lowest BCUT2D eigenvalue weighted by Gasteiger charge is -2.35. The zero-order chi connectivity index (χ0) is 19.2. The molecule has 2 aromatic rings. The Bertz CT molecular complexity index is 799. The molecule has 0 radical (unpaired) electrons. The quantitative estimate of drug-likeness (QED) is 0.811. The van der Waals surface area contributed by atoms with Gasteiger partial charge in [0.15, 0.2) is 0 Å². The highest BCUT2D eigenvalue weighted by Crippen LogP contribution is 2.14. The van der Waals surface area contributed by atoms with Crippen LogP contribution >= 0.6 is 0 Å². The molecule has 4 nitrogen and oxygen atoms in total. The van der Waals surface area contributed by atoms with Gasteiger partial charge < -0.3 is 9.80 Å². The average molecular weight is 368 g/mol. The van der Waals surface area contributed by atoms with E-state index in [0.717, 1.165) is 12.8 Å². The second kappa shape index (κ2) is 8.80. The molecule has 1 fully saturated rings. The summed E-state index contributed by atoms with van der Waals surface area (Å²) in [4.78, 5) is 28.5. The molecule has 0 bridgehead atoms. The molecule has 2 amide bonds. The van der Waals surface area contributed by atoms with E-state index in [2.05, 4.69) is 12.1 Å². The lowest BCUT2D eigenvalue weighted by Crippen LogP contribution is -2.50. The first-order valence-corrected chi connectivity index (χ1v) is 9.42. The molecule has 0 spiro atoms. The van der Waals surface area contributed by atoms with Crippen LogP contribution in [0.1, 0.15) is 34.3 Å². The fraction of sp³-hybridized carbons (Fsp3) is 0.364. The van der Waals surface area contributed by atoms with Gasteiger partial charge in [-0.2, -0.15) is 0 Å². The average Bonchev–Trinajstić information content (AvgIpc) is 2.70. The van der Waals surface area contributed by atoms with Gasteiger partial charge in [-0.3, -0.25) is 9.59 Å². The number of carbonyl (C=O) groups is 2. The molecule has 27 heavy (non-hydrogen) atoms. The standard InChI is InChI=1S/C22H25FN2O2/c1-17-16-19(10-11-20(17)23)22(27)25-14-12-24(13-15-25)21(26)9-5-8-18-6-3-2-4-7-18/h2-4,6-7,10-11,16H,5,8-9,12-15H2,1H3. The first kappa shape index (κ1) is 19.1. The molecule has 5 heteroatoms. The van der Waals surface area contributed by atoms with Crippen LogP contribution < -0.4 is 0 Å². The summed E-state index contributed by atoms with van der Waals surface area (Å²) < 4.78 is 13.4. The van der Waals surface area contributed by atoms with Crippen molar-refractivity contribution in [3.63, 3.8) is 0 Å². The van der Waals surface area contributed by atoms with Gasteiger partial charge in [-0.05, 0) is 49.1 Å². The molecule has 0 saturated carbocycles. The van der Waals surface area contributed by atoms with E-state index < -0.39 is 0 Å². The maximum Gasteiger partial charge on any atom is 0.253 e. The lowest BCUT2D eigenvalue weighted by molar-refractivity contribution is -0.132. The number of aryl methyl sites for hydroxylation is 2. The van der Waals surface area contributed by atoms with Crippen molar-refractivity contribution in [3.8, 4) is 0 Å². The van der Waals surface area contributed by atoms with Gasteiger partial charge in [0.05, 0.1) is 0 Å². The lowest BCUT2D eigenvalue weighted by atomic mass is 10.1. The summed E-state index contributed by atoms with van der Waals surface area (Å²) in [5, 5.41) is 0. The molecule has 142 valence electrons. The second-order valence-electron chi connectivity index (χ2n) is 6.98. The molecule has 1 aliphatic rings. The van der Waals surface area contributed by atoms with E-state index in [1.807, 2.05) is 23.1 Å². The Morgan fingerprint density at radius 1 is 0.963 bits per heavy atom. The molecule has 0 unspecified atom stereocenters. The number of benzene rings is 2. The minimum Gasteiger partial charge on any atom is -0.339 e. The predicted octanol–water partition coefficient (Wildman–Crippen LogP) is 3.44. The van der Waals surface area contributed by atoms with Crippen molar-refractivity contribution >= 4 is 11.8 Å². The molecule has 0 aliphatic carbocycles. The number of hydrogen-bond donors (Lipinski definition) is 0. The van der Waals surface area contributed by atoms with Gasteiger partial charge in [0, 0.05) is 38.2 Å². The summed E-state index contributed by atoms with van der Waals surface area (Å²) in [7, 11) is 0. The van der Waals surface area contributed by atoms with Gasteiger partial charge in [0.1, 0.15) is 5.82 Å². The van der Waals surface area contributed by atoms with Gasteiger partial charge in [0.2, 0.25) is 5.91 Å². The number of hydrogen-bond acceptors (Lipinski definition) is 2. The van der Waals surface area contributed by atoms with E-state index in [1.165, 1.54) is 17.7 Å². The van der Waals surface area contributed by atoms with Crippen LogP contribution in [-0.2, 0) is 11.2 Å². The Morgan fingerprint density at radius 3 is 2.30 bits per heavy atom. The highest BCUT2D eigenvalue weighted by Gasteiger charge is 2.24. The smallest absolute Gasteiger partial charge is 0.253 e. The van der Waals surface area contributed by atoms with Crippen molar-refractivity contribution in [1.29, 1.82) is 0 Å². The number of halogens is 1. The first-order valence-electron chi connectivity index (χ1n) is 9.42. The molecule has 2 aromatic carbocycles. The summed E-state index contributed by atoms with van der Waals surface area (Å²) >= 11 is 0.